The van der Waals surface area contributed by atoms with Gasteiger partial charge in [0.2, 0.25) is 5.91 Å². The summed E-state index contributed by atoms with van der Waals surface area (Å²) in [4.78, 5) is 22.9. The predicted molar refractivity (Wildman–Crippen MR) is 82.9 cm³/mol. The lowest BCUT2D eigenvalue weighted by Gasteiger charge is -2.18. The van der Waals surface area contributed by atoms with Gasteiger partial charge in [-0.2, -0.15) is 0 Å². The molecule has 0 aliphatic rings. The molecule has 0 aromatic carbocycles. The van der Waals surface area contributed by atoms with Gasteiger partial charge in [0.05, 0.1) is 0 Å². The zero-order valence-electron chi connectivity index (χ0n) is 13.2. The minimum atomic E-state index is -1.14. The first-order chi connectivity index (χ1) is 9.88. The van der Waals surface area contributed by atoms with Gasteiger partial charge in [0.25, 0.3) is 0 Å². The highest BCUT2D eigenvalue weighted by molar-refractivity contribution is 5.86. The van der Waals surface area contributed by atoms with Crippen molar-refractivity contribution >= 4 is 11.9 Å². The molecule has 0 aromatic rings. The number of amides is 1. The Morgan fingerprint density at radius 2 is 1.81 bits per heavy atom. The number of aliphatic carboxylic acids is 1. The van der Waals surface area contributed by atoms with Crippen LogP contribution in [0.2, 0.25) is 0 Å². The van der Waals surface area contributed by atoms with Crippen molar-refractivity contribution in [2.75, 3.05) is 0 Å². The van der Waals surface area contributed by atoms with Crippen LogP contribution < -0.4 is 5.32 Å². The van der Waals surface area contributed by atoms with E-state index in [1.807, 2.05) is 19.9 Å². The summed E-state index contributed by atoms with van der Waals surface area (Å²) in [6, 6.07) is -0.918. The first-order valence-corrected chi connectivity index (χ1v) is 7.70. The Morgan fingerprint density at radius 3 is 2.33 bits per heavy atom. The van der Waals surface area contributed by atoms with E-state index in [2.05, 4.69) is 11.9 Å². The summed E-state index contributed by atoms with van der Waals surface area (Å²) in [6.07, 6.45) is 6.19. The van der Waals surface area contributed by atoms with Crippen LogP contribution in [0, 0.1) is 5.92 Å². The molecule has 0 radical (unpaired) electrons. The summed E-state index contributed by atoms with van der Waals surface area (Å²) < 4.78 is 0. The number of allylic oxidation sites excluding steroid dienone is 1. The summed E-state index contributed by atoms with van der Waals surface area (Å²) in [5, 5.41) is 21.2. The van der Waals surface area contributed by atoms with Crippen molar-refractivity contribution < 1.29 is 19.8 Å². The summed E-state index contributed by atoms with van der Waals surface area (Å²) in [7, 11) is 0. The van der Waals surface area contributed by atoms with Gasteiger partial charge in [0, 0.05) is 0 Å². The highest BCUT2D eigenvalue weighted by atomic mass is 16.4. The Hall–Kier alpha value is -1.36. The maximum Gasteiger partial charge on any atom is 0.326 e. The largest absolute Gasteiger partial charge is 0.480 e. The van der Waals surface area contributed by atoms with E-state index < -0.39 is 24.0 Å². The third kappa shape index (κ3) is 10.1. The number of hydrogen-bond donors (Lipinski definition) is 3. The van der Waals surface area contributed by atoms with Gasteiger partial charge >= 0.3 is 5.97 Å². The highest BCUT2D eigenvalue weighted by Gasteiger charge is 2.23. The first kappa shape index (κ1) is 19.6. The van der Waals surface area contributed by atoms with Crippen LogP contribution in [-0.4, -0.2) is 34.2 Å². The Morgan fingerprint density at radius 1 is 1.19 bits per heavy atom. The van der Waals surface area contributed by atoms with Crippen LogP contribution in [0.1, 0.15) is 58.8 Å². The molecule has 5 nitrogen and oxygen atoms in total. The molecule has 0 fully saturated rings. The van der Waals surface area contributed by atoms with E-state index in [4.69, 9.17) is 5.11 Å². The first-order valence-electron chi connectivity index (χ1n) is 7.70. The van der Waals surface area contributed by atoms with Crippen LogP contribution in [0.5, 0.6) is 0 Å². The van der Waals surface area contributed by atoms with Crippen molar-refractivity contribution in [3.05, 3.63) is 12.7 Å². The Balaban J connectivity index is 4.09. The van der Waals surface area contributed by atoms with Gasteiger partial charge in [-0.25, -0.2) is 4.79 Å². The van der Waals surface area contributed by atoms with Crippen LogP contribution >= 0.6 is 0 Å². The number of carbonyl (C=O) groups is 2. The number of unbranched alkanes of at least 4 members (excludes halogenated alkanes) is 4. The molecule has 1 amide bonds. The van der Waals surface area contributed by atoms with Crippen molar-refractivity contribution in [1.29, 1.82) is 0 Å². The highest BCUT2D eigenvalue weighted by Crippen LogP contribution is 2.09. The lowest BCUT2D eigenvalue weighted by molar-refractivity contribution is -0.143. The second kappa shape index (κ2) is 11.3. The molecule has 0 saturated carbocycles. The SMILES string of the molecule is C=CCCCCCC[C@H](NC(=O)[C@@H](O)CC(C)C)C(=O)O. The molecular formula is C16H29NO4. The molecule has 0 aliphatic carbocycles. The maximum atomic E-state index is 11.7. The standard InChI is InChI=1S/C16H29NO4/c1-4-5-6-7-8-9-10-13(16(20)21)17-15(19)14(18)11-12(2)3/h4,12-14,18H,1,5-11H2,2-3H3,(H,17,19)(H,20,21)/t13-,14-/m0/s1. The lowest BCUT2D eigenvalue weighted by Crippen LogP contribution is -2.45. The number of carboxylic acid groups (broad SMARTS) is 1. The molecule has 2 atom stereocenters. The van der Waals surface area contributed by atoms with E-state index >= 15 is 0 Å². The molecule has 5 heteroatoms. The number of nitrogens with one attached hydrogen (secondary N) is 1. The molecule has 0 unspecified atom stereocenters. The van der Waals surface area contributed by atoms with Crippen molar-refractivity contribution in [2.24, 2.45) is 5.92 Å². The predicted octanol–water partition coefficient (Wildman–Crippen LogP) is 2.49. The van der Waals surface area contributed by atoms with Crippen molar-refractivity contribution in [3.8, 4) is 0 Å². The summed E-state index contributed by atoms with van der Waals surface area (Å²) in [5.74, 6) is -1.46. The number of aliphatic hydroxyl groups excluding tert-OH is 1. The lowest BCUT2D eigenvalue weighted by atomic mass is 10.0. The quantitative estimate of drug-likeness (QED) is 0.382. The second-order valence-electron chi connectivity index (χ2n) is 5.82. The minimum absolute atomic E-state index is 0.180. The number of carbonyl (C=O) groups excluding carboxylic acids is 1. The normalized spacial score (nSPS) is 13.7. The van der Waals surface area contributed by atoms with Gasteiger partial charge in [-0.3, -0.25) is 4.79 Å². The molecule has 122 valence electrons. The van der Waals surface area contributed by atoms with E-state index in [0.29, 0.717) is 12.8 Å². The number of hydrogen-bond acceptors (Lipinski definition) is 3. The maximum absolute atomic E-state index is 11.7. The Bertz CT molecular complexity index is 328. The van der Waals surface area contributed by atoms with Crippen LogP contribution in [0.4, 0.5) is 0 Å². The fourth-order valence-corrected chi connectivity index (χ4v) is 2.07. The zero-order chi connectivity index (χ0) is 16.3. The van der Waals surface area contributed by atoms with Crippen molar-refractivity contribution in [3.63, 3.8) is 0 Å². The van der Waals surface area contributed by atoms with Gasteiger partial charge in [-0.15, -0.1) is 6.58 Å². The smallest absolute Gasteiger partial charge is 0.326 e. The van der Waals surface area contributed by atoms with E-state index in [1.165, 1.54) is 0 Å². The minimum Gasteiger partial charge on any atom is -0.480 e. The number of aliphatic hydroxyl groups is 1. The average molecular weight is 299 g/mol. The fourth-order valence-electron chi connectivity index (χ4n) is 2.07. The number of rotatable bonds is 12. The molecule has 0 bridgehead atoms. The summed E-state index contributed by atoms with van der Waals surface area (Å²) >= 11 is 0. The fraction of sp³-hybridized carbons (Fsp3) is 0.750. The van der Waals surface area contributed by atoms with Crippen LogP contribution in [-0.2, 0) is 9.59 Å². The molecule has 0 heterocycles. The van der Waals surface area contributed by atoms with Gasteiger partial charge in [0.15, 0.2) is 0 Å². The monoisotopic (exact) mass is 299 g/mol. The average Bonchev–Trinajstić information content (AvgIpc) is 2.39. The van der Waals surface area contributed by atoms with Crippen molar-refractivity contribution in [1.82, 2.24) is 5.32 Å². The van der Waals surface area contributed by atoms with Crippen LogP contribution in [0.15, 0.2) is 12.7 Å². The Labute approximate surface area is 127 Å². The summed E-state index contributed by atoms with van der Waals surface area (Å²) in [6.45, 7) is 7.45. The zero-order valence-corrected chi connectivity index (χ0v) is 13.2. The number of carboxylic acids is 1. The molecule has 3 N–H and O–H groups in total. The molecule has 0 saturated heterocycles. The van der Waals surface area contributed by atoms with E-state index in [9.17, 15) is 14.7 Å². The molecule has 21 heavy (non-hydrogen) atoms. The van der Waals surface area contributed by atoms with Gasteiger partial charge in [0.1, 0.15) is 12.1 Å². The molecule has 0 aromatic heterocycles. The second-order valence-corrected chi connectivity index (χ2v) is 5.82. The Kier molecular flexibility index (Phi) is 10.6. The van der Waals surface area contributed by atoms with E-state index in [0.717, 1.165) is 32.1 Å². The van der Waals surface area contributed by atoms with E-state index in [-0.39, 0.29) is 5.92 Å². The van der Waals surface area contributed by atoms with Crippen LogP contribution in [0.25, 0.3) is 0 Å². The molecule has 0 aliphatic heterocycles. The third-order valence-electron chi connectivity index (χ3n) is 3.26. The van der Waals surface area contributed by atoms with Crippen molar-refractivity contribution in [2.45, 2.75) is 70.9 Å². The topological polar surface area (TPSA) is 86.6 Å². The van der Waals surface area contributed by atoms with Gasteiger partial charge in [-0.1, -0.05) is 39.2 Å². The van der Waals surface area contributed by atoms with E-state index in [1.54, 1.807) is 0 Å². The van der Waals surface area contributed by atoms with Gasteiger partial charge in [-0.05, 0) is 31.6 Å². The molecular weight excluding hydrogens is 270 g/mol. The van der Waals surface area contributed by atoms with Crippen LogP contribution in [0.3, 0.4) is 0 Å². The third-order valence-corrected chi connectivity index (χ3v) is 3.26. The molecule has 0 spiro atoms. The molecule has 0 rings (SSSR count). The summed E-state index contributed by atoms with van der Waals surface area (Å²) in [5.41, 5.74) is 0. The van der Waals surface area contributed by atoms with Gasteiger partial charge < -0.3 is 15.5 Å².